The molecule has 1 aromatic heterocycles. The summed E-state index contributed by atoms with van der Waals surface area (Å²) in [7, 11) is 0. The van der Waals surface area contributed by atoms with Crippen molar-refractivity contribution >= 4 is 74.5 Å². The van der Waals surface area contributed by atoms with Crippen LogP contribution in [0.25, 0.3) is 16.3 Å². The fourth-order valence-electron chi connectivity index (χ4n) is 3.77. The minimum atomic E-state index is -0.934. The number of urea groups is 1. The smallest absolute Gasteiger partial charge is 0.322 e. The molecule has 1 saturated heterocycles. The summed E-state index contributed by atoms with van der Waals surface area (Å²) in [5, 5.41) is 18.6. The highest BCUT2D eigenvalue weighted by Crippen LogP contribution is 2.40. The van der Waals surface area contributed by atoms with Crippen molar-refractivity contribution in [3.8, 4) is 0 Å². The van der Waals surface area contributed by atoms with Crippen molar-refractivity contribution in [1.82, 2.24) is 15.6 Å². The fraction of sp³-hybridized carbons (Fsp3) is 0.0385. The van der Waals surface area contributed by atoms with Crippen LogP contribution in [0.2, 0.25) is 0 Å². The first-order chi connectivity index (χ1) is 18.7. The zero-order valence-electron chi connectivity index (χ0n) is 20.0. The number of aromatic nitrogens is 1. The molecule has 3 aromatic carbocycles. The van der Waals surface area contributed by atoms with Crippen LogP contribution in [0.15, 0.2) is 75.5 Å². The molecule has 0 aliphatic carbocycles. The average molecular weight is 560 g/mol. The van der Waals surface area contributed by atoms with Gasteiger partial charge < -0.3 is 5.32 Å². The van der Waals surface area contributed by atoms with Gasteiger partial charge in [0.05, 0.1) is 20.0 Å². The highest BCUT2D eigenvalue weighted by Gasteiger charge is 2.28. The molecular formula is C26H17N5O6S2. The molecule has 11 nitrogen and oxygen atoms in total. The number of benzene rings is 3. The molecule has 5 rings (SSSR count). The molecule has 5 amide bonds. The topological polar surface area (TPSA) is 160 Å². The Kier molecular flexibility index (Phi) is 6.92. The molecule has 194 valence electrons. The lowest BCUT2D eigenvalue weighted by atomic mass is 10.1. The highest BCUT2D eigenvalue weighted by molar-refractivity contribution is 8.01. The van der Waals surface area contributed by atoms with Crippen molar-refractivity contribution in [1.29, 1.82) is 0 Å². The standard InChI is InChI=1S/C26H17N5O6S2/c1-13-4-2-3-5-16(13)22(32)27-15-7-8-18-21(12-15)39-26(28-18)38-20-9-6-14(11-19(20)31(36)37)10-17-23(33)29-25(35)30-24(17)34/h2-12H,1H3,(H,27,32)(H2,29,30,33,34,35). The molecular weight excluding hydrogens is 542 g/mol. The number of anilines is 1. The van der Waals surface area contributed by atoms with Gasteiger partial charge in [-0.1, -0.05) is 36.0 Å². The molecule has 39 heavy (non-hydrogen) atoms. The number of fused-ring (bicyclic) bond motifs is 1. The molecule has 1 aliphatic heterocycles. The van der Waals surface area contributed by atoms with Gasteiger partial charge in [0.25, 0.3) is 23.4 Å². The van der Waals surface area contributed by atoms with Gasteiger partial charge in [0, 0.05) is 17.3 Å². The van der Waals surface area contributed by atoms with E-state index in [2.05, 4.69) is 10.3 Å². The molecule has 13 heteroatoms. The predicted octanol–water partition coefficient (Wildman–Crippen LogP) is 4.67. The predicted molar refractivity (Wildman–Crippen MR) is 146 cm³/mol. The number of nitrogens with one attached hydrogen (secondary N) is 3. The van der Waals surface area contributed by atoms with E-state index in [1.54, 1.807) is 30.3 Å². The fourth-order valence-corrected chi connectivity index (χ4v) is 5.92. The van der Waals surface area contributed by atoms with Gasteiger partial charge in [0.15, 0.2) is 4.34 Å². The van der Waals surface area contributed by atoms with Gasteiger partial charge in [-0.3, -0.25) is 35.1 Å². The monoisotopic (exact) mass is 559 g/mol. The van der Waals surface area contributed by atoms with Crippen molar-refractivity contribution in [3.63, 3.8) is 0 Å². The van der Waals surface area contributed by atoms with Gasteiger partial charge in [0.2, 0.25) is 0 Å². The zero-order chi connectivity index (χ0) is 27.7. The van der Waals surface area contributed by atoms with Crippen LogP contribution < -0.4 is 16.0 Å². The van der Waals surface area contributed by atoms with E-state index in [0.29, 0.717) is 26.0 Å². The van der Waals surface area contributed by atoms with Crippen LogP contribution in [0.1, 0.15) is 21.5 Å². The zero-order valence-corrected chi connectivity index (χ0v) is 21.6. The number of barbiturate groups is 1. The maximum Gasteiger partial charge on any atom is 0.328 e. The second kappa shape index (κ2) is 10.5. The van der Waals surface area contributed by atoms with Gasteiger partial charge in [0.1, 0.15) is 5.57 Å². The summed E-state index contributed by atoms with van der Waals surface area (Å²) in [4.78, 5) is 63.9. The molecule has 1 aliphatic rings. The molecule has 0 atom stereocenters. The number of nitro benzene ring substituents is 1. The maximum atomic E-state index is 12.7. The van der Waals surface area contributed by atoms with E-state index in [9.17, 15) is 29.3 Å². The molecule has 0 saturated carbocycles. The molecule has 3 N–H and O–H groups in total. The van der Waals surface area contributed by atoms with E-state index >= 15 is 0 Å². The van der Waals surface area contributed by atoms with E-state index in [4.69, 9.17) is 0 Å². The van der Waals surface area contributed by atoms with Crippen LogP contribution in [-0.2, 0) is 9.59 Å². The van der Waals surface area contributed by atoms with Crippen LogP contribution in [0.5, 0.6) is 0 Å². The number of carbonyl (C=O) groups is 4. The number of imide groups is 2. The van der Waals surface area contributed by atoms with E-state index in [0.717, 1.165) is 22.0 Å². The number of aryl methyl sites for hydroxylation is 1. The molecule has 0 spiro atoms. The first-order valence-corrected chi connectivity index (χ1v) is 12.9. The van der Waals surface area contributed by atoms with Crippen molar-refractivity contribution in [2.75, 3.05) is 5.32 Å². The summed E-state index contributed by atoms with van der Waals surface area (Å²) in [6, 6.07) is 15.9. The molecule has 0 unspecified atom stereocenters. The lowest BCUT2D eigenvalue weighted by Gasteiger charge is -2.13. The summed E-state index contributed by atoms with van der Waals surface area (Å²) in [5.74, 6) is -2.02. The Bertz CT molecular complexity index is 1720. The van der Waals surface area contributed by atoms with Crippen LogP contribution >= 0.6 is 23.1 Å². The third-order valence-corrected chi connectivity index (χ3v) is 7.79. The average Bonchev–Trinajstić information content (AvgIpc) is 3.28. The first kappa shape index (κ1) is 25.8. The van der Waals surface area contributed by atoms with E-state index in [1.165, 1.54) is 35.6 Å². The third kappa shape index (κ3) is 5.54. The van der Waals surface area contributed by atoms with Gasteiger partial charge in [-0.05, 0) is 54.5 Å². The van der Waals surface area contributed by atoms with Crippen molar-refractivity contribution in [2.24, 2.45) is 0 Å². The lowest BCUT2D eigenvalue weighted by Crippen LogP contribution is -2.51. The minimum absolute atomic E-state index is 0.230. The molecule has 0 bridgehead atoms. The van der Waals surface area contributed by atoms with Gasteiger partial charge in [-0.25, -0.2) is 9.78 Å². The third-order valence-electron chi connectivity index (χ3n) is 5.65. The largest absolute Gasteiger partial charge is 0.328 e. The van der Waals surface area contributed by atoms with Crippen LogP contribution in [0.3, 0.4) is 0 Å². The quantitative estimate of drug-likeness (QED) is 0.133. The number of amides is 5. The summed E-state index contributed by atoms with van der Waals surface area (Å²) >= 11 is 2.41. The Morgan fingerprint density at radius 2 is 1.79 bits per heavy atom. The normalized spacial score (nSPS) is 13.2. The first-order valence-electron chi connectivity index (χ1n) is 11.3. The number of nitrogens with zero attached hydrogens (tertiary/aromatic N) is 2. The lowest BCUT2D eigenvalue weighted by molar-refractivity contribution is -0.387. The van der Waals surface area contributed by atoms with Gasteiger partial charge >= 0.3 is 6.03 Å². The summed E-state index contributed by atoms with van der Waals surface area (Å²) < 4.78 is 1.33. The Morgan fingerprint density at radius 3 is 2.51 bits per heavy atom. The van der Waals surface area contributed by atoms with Gasteiger partial charge in [-0.15, -0.1) is 11.3 Å². The summed E-state index contributed by atoms with van der Waals surface area (Å²) in [5.41, 5.74) is 2.34. The van der Waals surface area contributed by atoms with Gasteiger partial charge in [-0.2, -0.15) is 0 Å². The van der Waals surface area contributed by atoms with Crippen LogP contribution in [-0.4, -0.2) is 33.7 Å². The second-order valence-electron chi connectivity index (χ2n) is 8.31. The van der Waals surface area contributed by atoms with Crippen molar-refractivity contribution in [3.05, 3.63) is 93.0 Å². The molecule has 0 radical (unpaired) electrons. The van der Waals surface area contributed by atoms with Crippen molar-refractivity contribution < 1.29 is 24.1 Å². The number of hydrogen-bond acceptors (Lipinski definition) is 9. The Morgan fingerprint density at radius 1 is 1.05 bits per heavy atom. The SMILES string of the molecule is Cc1ccccc1C(=O)Nc1ccc2nc(Sc3ccc(C=C4C(=O)NC(=O)NC4=O)cc3[N+](=O)[O-])sc2c1. The summed E-state index contributed by atoms with van der Waals surface area (Å²) in [6.07, 6.45) is 1.17. The highest BCUT2D eigenvalue weighted by atomic mass is 32.2. The van der Waals surface area contributed by atoms with Crippen LogP contribution in [0.4, 0.5) is 16.2 Å². The van der Waals surface area contributed by atoms with Crippen LogP contribution in [0, 0.1) is 17.0 Å². The maximum absolute atomic E-state index is 12.7. The Balaban J connectivity index is 1.38. The van der Waals surface area contributed by atoms with E-state index < -0.39 is 22.8 Å². The molecule has 4 aromatic rings. The number of rotatable bonds is 6. The van der Waals surface area contributed by atoms with E-state index in [-0.39, 0.29) is 22.7 Å². The number of carbonyl (C=O) groups excluding carboxylic acids is 4. The number of nitro groups is 1. The Labute approximate surface area is 228 Å². The Hall–Kier alpha value is -4.88. The summed E-state index contributed by atoms with van der Waals surface area (Å²) in [6.45, 7) is 1.86. The number of thiazole rings is 1. The second-order valence-corrected chi connectivity index (χ2v) is 10.6. The molecule has 2 heterocycles. The minimum Gasteiger partial charge on any atom is -0.322 e. The molecule has 1 fully saturated rings. The number of hydrogen-bond donors (Lipinski definition) is 3. The van der Waals surface area contributed by atoms with Crippen molar-refractivity contribution in [2.45, 2.75) is 16.2 Å². The van der Waals surface area contributed by atoms with E-state index in [1.807, 2.05) is 29.7 Å².